The third-order valence-electron chi connectivity index (χ3n) is 4.82. The van der Waals surface area contributed by atoms with Gasteiger partial charge in [-0.2, -0.15) is 0 Å². The Hall–Kier alpha value is -1.31. The lowest BCUT2D eigenvalue weighted by Gasteiger charge is -2.20. The summed E-state index contributed by atoms with van der Waals surface area (Å²) in [5, 5.41) is 0. The van der Waals surface area contributed by atoms with Crippen LogP contribution in [0.5, 0.6) is 5.75 Å². The van der Waals surface area contributed by atoms with Crippen LogP contribution in [0, 0.1) is 17.8 Å². The highest BCUT2D eigenvalue weighted by Crippen LogP contribution is 2.49. The lowest BCUT2D eigenvalue weighted by molar-refractivity contribution is 0.0944. The Labute approximate surface area is 115 Å². The molecule has 3 atom stereocenters. The number of rotatable bonds is 5. The highest BCUT2D eigenvalue weighted by molar-refractivity contribution is 5.96. The quantitative estimate of drug-likeness (QED) is 0.743. The first-order valence-corrected chi connectivity index (χ1v) is 7.52. The lowest BCUT2D eigenvalue weighted by atomic mass is 9.84. The second kappa shape index (κ2) is 5.36. The minimum Gasteiger partial charge on any atom is -0.494 e. The molecule has 2 fully saturated rings. The van der Waals surface area contributed by atoms with Gasteiger partial charge in [0.25, 0.3) is 0 Å². The van der Waals surface area contributed by atoms with Crippen molar-refractivity contribution < 1.29 is 9.53 Å². The molecule has 102 valence electrons. The zero-order chi connectivity index (χ0) is 13.2. The van der Waals surface area contributed by atoms with E-state index in [1.165, 1.54) is 25.7 Å². The molecule has 2 saturated carbocycles. The molecule has 0 aliphatic heterocycles. The minimum absolute atomic E-state index is 0.306. The van der Waals surface area contributed by atoms with Crippen LogP contribution in [0.2, 0.25) is 0 Å². The van der Waals surface area contributed by atoms with Crippen LogP contribution in [0.25, 0.3) is 0 Å². The van der Waals surface area contributed by atoms with Crippen LogP contribution < -0.4 is 4.74 Å². The third kappa shape index (κ3) is 2.68. The van der Waals surface area contributed by atoms with E-state index in [-0.39, 0.29) is 0 Å². The fraction of sp³-hybridized carbons (Fsp3) is 0.588. The largest absolute Gasteiger partial charge is 0.494 e. The van der Waals surface area contributed by atoms with E-state index in [9.17, 15) is 4.79 Å². The summed E-state index contributed by atoms with van der Waals surface area (Å²) in [4.78, 5) is 12.3. The summed E-state index contributed by atoms with van der Waals surface area (Å²) < 4.78 is 5.40. The van der Waals surface area contributed by atoms with Gasteiger partial charge in [-0.1, -0.05) is 6.42 Å². The monoisotopic (exact) mass is 258 g/mol. The van der Waals surface area contributed by atoms with Crippen molar-refractivity contribution >= 4 is 5.78 Å². The van der Waals surface area contributed by atoms with Gasteiger partial charge in [0.1, 0.15) is 5.75 Å². The van der Waals surface area contributed by atoms with Crippen molar-refractivity contribution in [1.82, 2.24) is 0 Å². The molecule has 0 spiro atoms. The predicted molar refractivity (Wildman–Crippen MR) is 75.5 cm³/mol. The Bertz CT molecular complexity index is 449. The van der Waals surface area contributed by atoms with Gasteiger partial charge in [-0.3, -0.25) is 4.79 Å². The molecule has 0 radical (unpaired) electrons. The third-order valence-corrected chi connectivity index (χ3v) is 4.82. The summed E-state index contributed by atoms with van der Waals surface area (Å²) in [5.41, 5.74) is 0.839. The Kier molecular flexibility index (Phi) is 3.58. The molecule has 2 heteroatoms. The number of ether oxygens (including phenoxy) is 1. The van der Waals surface area contributed by atoms with Gasteiger partial charge in [0.2, 0.25) is 0 Å². The standard InChI is InChI=1S/C17H22O2/c1-2-19-16-7-5-13(6-8-16)17(18)11-15-10-12-3-4-14(15)9-12/h5-8,12,14-15H,2-4,9-11H2,1H3. The number of carbonyl (C=O) groups excluding carboxylic acids is 1. The van der Waals surface area contributed by atoms with Gasteiger partial charge in [-0.05, 0) is 68.2 Å². The average Bonchev–Trinajstić information content (AvgIpc) is 3.02. The molecule has 0 amide bonds. The van der Waals surface area contributed by atoms with E-state index < -0.39 is 0 Å². The Balaban J connectivity index is 1.60. The molecule has 0 aromatic heterocycles. The normalized spacial score (nSPS) is 28.6. The Morgan fingerprint density at radius 3 is 2.58 bits per heavy atom. The maximum atomic E-state index is 12.3. The van der Waals surface area contributed by atoms with E-state index in [2.05, 4.69) is 0 Å². The molecule has 3 rings (SSSR count). The van der Waals surface area contributed by atoms with Gasteiger partial charge in [0, 0.05) is 12.0 Å². The second-order valence-corrected chi connectivity index (χ2v) is 6.02. The van der Waals surface area contributed by atoms with E-state index in [4.69, 9.17) is 4.74 Å². The molecule has 19 heavy (non-hydrogen) atoms. The van der Waals surface area contributed by atoms with Gasteiger partial charge in [-0.25, -0.2) is 0 Å². The fourth-order valence-corrected chi connectivity index (χ4v) is 3.89. The fourth-order valence-electron chi connectivity index (χ4n) is 3.89. The smallest absolute Gasteiger partial charge is 0.163 e. The van der Waals surface area contributed by atoms with Crippen LogP contribution >= 0.6 is 0 Å². The Morgan fingerprint density at radius 2 is 2.00 bits per heavy atom. The molecule has 1 aromatic rings. The van der Waals surface area contributed by atoms with E-state index in [1.54, 1.807) is 0 Å². The summed E-state index contributed by atoms with van der Waals surface area (Å²) in [7, 11) is 0. The first-order chi connectivity index (χ1) is 9.26. The van der Waals surface area contributed by atoms with Crippen LogP contribution in [0.4, 0.5) is 0 Å². The van der Waals surface area contributed by atoms with Crippen LogP contribution in [-0.2, 0) is 0 Å². The molecule has 0 heterocycles. The number of hydrogen-bond donors (Lipinski definition) is 0. The van der Waals surface area contributed by atoms with Crippen molar-refractivity contribution in [1.29, 1.82) is 0 Å². The van der Waals surface area contributed by atoms with Gasteiger partial charge >= 0.3 is 0 Å². The van der Waals surface area contributed by atoms with E-state index >= 15 is 0 Å². The molecular weight excluding hydrogens is 236 g/mol. The number of Topliss-reactive ketones (excluding diaryl/α,β-unsaturated/α-hetero) is 1. The summed E-state index contributed by atoms with van der Waals surface area (Å²) in [6, 6.07) is 7.61. The predicted octanol–water partition coefficient (Wildman–Crippen LogP) is 4.09. The number of carbonyl (C=O) groups is 1. The molecule has 0 saturated heterocycles. The Morgan fingerprint density at radius 1 is 1.21 bits per heavy atom. The van der Waals surface area contributed by atoms with E-state index in [0.717, 1.165) is 29.6 Å². The van der Waals surface area contributed by atoms with Gasteiger partial charge in [0.15, 0.2) is 5.78 Å². The number of benzene rings is 1. The topological polar surface area (TPSA) is 26.3 Å². The molecule has 3 unspecified atom stereocenters. The van der Waals surface area contributed by atoms with Gasteiger partial charge < -0.3 is 4.74 Å². The molecule has 2 aliphatic rings. The number of ketones is 1. The molecule has 2 nitrogen and oxygen atoms in total. The molecule has 2 aliphatic carbocycles. The minimum atomic E-state index is 0.306. The maximum Gasteiger partial charge on any atom is 0.163 e. The van der Waals surface area contributed by atoms with Crippen molar-refractivity contribution in [3.05, 3.63) is 29.8 Å². The average molecular weight is 258 g/mol. The first-order valence-electron chi connectivity index (χ1n) is 7.52. The summed E-state index contributed by atoms with van der Waals surface area (Å²) in [6.45, 7) is 2.63. The van der Waals surface area contributed by atoms with Crippen LogP contribution in [0.15, 0.2) is 24.3 Å². The van der Waals surface area contributed by atoms with Crippen LogP contribution in [0.3, 0.4) is 0 Å². The highest BCUT2D eigenvalue weighted by atomic mass is 16.5. The second-order valence-electron chi connectivity index (χ2n) is 6.02. The molecule has 0 N–H and O–H groups in total. The summed E-state index contributed by atoms with van der Waals surface area (Å²) in [5.74, 6) is 3.55. The van der Waals surface area contributed by atoms with Crippen molar-refractivity contribution in [2.24, 2.45) is 17.8 Å². The summed E-state index contributed by atoms with van der Waals surface area (Å²) >= 11 is 0. The zero-order valence-corrected chi connectivity index (χ0v) is 11.6. The maximum absolute atomic E-state index is 12.3. The summed E-state index contributed by atoms with van der Waals surface area (Å²) in [6.07, 6.45) is 6.16. The molecule has 1 aromatic carbocycles. The number of fused-ring (bicyclic) bond motifs is 2. The SMILES string of the molecule is CCOc1ccc(C(=O)CC2CC3CCC2C3)cc1. The first kappa shape index (κ1) is 12.7. The zero-order valence-electron chi connectivity index (χ0n) is 11.6. The number of hydrogen-bond acceptors (Lipinski definition) is 2. The van der Waals surface area contributed by atoms with Gasteiger partial charge in [0.05, 0.1) is 6.61 Å². The molecular formula is C17H22O2. The van der Waals surface area contributed by atoms with Crippen molar-refractivity contribution in [2.45, 2.75) is 39.0 Å². The molecule has 2 bridgehead atoms. The van der Waals surface area contributed by atoms with Crippen molar-refractivity contribution in [2.75, 3.05) is 6.61 Å². The van der Waals surface area contributed by atoms with Crippen LogP contribution in [0.1, 0.15) is 49.4 Å². The van der Waals surface area contributed by atoms with Crippen molar-refractivity contribution in [3.63, 3.8) is 0 Å². The van der Waals surface area contributed by atoms with Gasteiger partial charge in [-0.15, -0.1) is 0 Å². The lowest BCUT2D eigenvalue weighted by Crippen LogP contribution is -2.15. The van der Waals surface area contributed by atoms with Crippen LogP contribution in [-0.4, -0.2) is 12.4 Å². The van der Waals surface area contributed by atoms with Crippen molar-refractivity contribution in [3.8, 4) is 5.75 Å². The highest BCUT2D eigenvalue weighted by Gasteiger charge is 2.40. The van der Waals surface area contributed by atoms with E-state index in [1.807, 2.05) is 31.2 Å². The van der Waals surface area contributed by atoms with E-state index in [0.29, 0.717) is 18.3 Å².